The lowest BCUT2D eigenvalue weighted by Gasteiger charge is -2.06. The first-order valence-electron chi connectivity index (χ1n) is 3.64. The summed E-state index contributed by atoms with van der Waals surface area (Å²) in [6.07, 6.45) is 2.14. The Balaban J connectivity index is 0. The molecule has 0 unspecified atom stereocenters. The maximum atomic E-state index is 10.2. The van der Waals surface area contributed by atoms with E-state index in [4.69, 9.17) is 5.11 Å². The first-order valence-corrected chi connectivity index (χ1v) is 3.64. The molecule has 0 aromatic carbocycles. The van der Waals surface area contributed by atoms with E-state index in [0.717, 1.165) is 19.4 Å². The van der Waals surface area contributed by atoms with E-state index in [0.29, 0.717) is 0 Å². The zero-order valence-corrected chi connectivity index (χ0v) is 7.78. The predicted octanol–water partition coefficient (Wildman–Crippen LogP) is 1.27. The molecule has 0 radical (unpaired) electrons. The lowest BCUT2D eigenvalue weighted by atomic mass is 10.3. The summed E-state index contributed by atoms with van der Waals surface area (Å²) in [5, 5.41) is 11.3. The molecular weight excluding hydrogens is 166 g/mol. The van der Waals surface area contributed by atoms with Crippen LogP contribution >= 0.6 is 12.4 Å². The highest BCUT2D eigenvalue weighted by molar-refractivity contribution is 5.85. The summed E-state index contributed by atoms with van der Waals surface area (Å²) in [7, 11) is 0. The van der Waals surface area contributed by atoms with Gasteiger partial charge >= 0.3 is 5.97 Å². The fraction of sp³-hybridized carbons (Fsp3) is 0.857. The maximum Gasteiger partial charge on any atom is 0.320 e. The molecular formula is C7H16ClNO2. The van der Waals surface area contributed by atoms with Gasteiger partial charge in [0, 0.05) is 0 Å². The van der Waals surface area contributed by atoms with Crippen LogP contribution in [-0.2, 0) is 4.79 Å². The van der Waals surface area contributed by atoms with Gasteiger partial charge in [0.25, 0.3) is 0 Å². The summed E-state index contributed by atoms with van der Waals surface area (Å²) in [6, 6.07) is -0.411. The van der Waals surface area contributed by atoms with Crippen molar-refractivity contribution in [3.63, 3.8) is 0 Å². The van der Waals surface area contributed by atoms with Gasteiger partial charge < -0.3 is 10.4 Å². The molecule has 0 amide bonds. The van der Waals surface area contributed by atoms with Gasteiger partial charge in [-0.3, -0.25) is 4.79 Å². The van der Waals surface area contributed by atoms with Crippen molar-refractivity contribution >= 4 is 18.4 Å². The van der Waals surface area contributed by atoms with Gasteiger partial charge in [-0.2, -0.15) is 0 Å². The number of carboxylic acids is 1. The lowest BCUT2D eigenvalue weighted by molar-refractivity contribution is -0.138. The van der Waals surface area contributed by atoms with E-state index in [2.05, 4.69) is 12.2 Å². The highest BCUT2D eigenvalue weighted by Crippen LogP contribution is 1.85. The first kappa shape index (κ1) is 13.3. The van der Waals surface area contributed by atoms with Gasteiger partial charge in [-0.05, 0) is 19.9 Å². The van der Waals surface area contributed by atoms with E-state index in [-0.39, 0.29) is 12.4 Å². The van der Waals surface area contributed by atoms with Crippen LogP contribution in [-0.4, -0.2) is 23.7 Å². The quantitative estimate of drug-likeness (QED) is 0.629. The minimum Gasteiger partial charge on any atom is -0.480 e. The fourth-order valence-corrected chi connectivity index (χ4v) is 0.583. The molecule has 0 heterocycles. The number of hydrogen-bond acceptors (Lipinski definition) is 2. The van der Waals surface area contributed by atoms with Crippen LogP contribution in [0.25, 0.3) is 0 Å². The average Bonchev–Trinajstić information content (AvgIpc) is 1.88. The monoisotopic (exact) mass is 181 g/mol. The minimum absolute atomic E-state index is 0. The first-order chi connectivity index (χ1) is 4.68. The summed E-state index contributed by atoms with van der Waals surface area (Å²) >= 11 is 0. The van der Waals surface area contributed by atoms with Crippen LogP contribution in [0.4, 0.5) is 0 Å². The van der Waals surface area contributed by atoms with Crippen LogP contribution in [0.5, 0.6) is 0 Å². The predicted molar refractivity (Wildman–Crippen MR) is 47.3 cm³/mol. The maximum absolute atomic E-state index is 10.2. The molecule has 0 aliphatic carbocycles. The second kappa shape index (κ2) is 7.82. The molecule has 0 aliphatic rings. The molecule has 0 rings (SSSR count). The van der Waals surface area contributed by atoms with Crippen molar-refractivity contribution in [2.45, 2.75) is 32.7 Å². The fourth-order valence-electron chi connectivity index (χ4n) is 0.583. The third-order valence-corrected chi connectivity index (χ3v) is 1.35. The van der Waals surface area contributed by atoms with Gasteiger partial charge in [-0.15, -0.1) is 12.4 Å². The van der Waals surface area contributed by atoms with Crippen molar-refractivity contribution in [2.75, 3.05) is 6.54 Å². The van der Waals surface area contributed by atoms with Gasteiger partial charge in [0.1, 0.15) is 6.04 Å². The molecule has 2 N–H and O–H groups in total. The van der Waals surface area contributed by atoms with Crippen molar-refractivity contribution in [1.29, 1.82) is 0 Å². The average molecular weight is 182 g/mol. The van der Waals surface area contributed by atoms with E-state index in [1.54, 1.807) is 6.92 Å². The van der Waals surface area contributed by atoms with E-state index >= 15 is 0 Å². The largest absolute Gasteiger partial charge is 0.480 e. The van der Waals surface area contributed by atoms with Gasteiger partial charge in [0.05, 0.1) is 0 Å². The molecule has 0 spiro atoms. The summed E-state index contributed by atoms with van der Waals surface area (Å²) < 4.78 is 0. The normalized spacial score (nSPS) is 11.8. The van der Waals surface area contributed by atoms with E-state index < -0.39 is 12.0 Å². The van der Waals surface area contributed by atoms with Crippen LogP contribution in [0.1, 0.15) is 26.7 Å². The SMILES string of the molecule is CCCCN[C@@H](C)C(=O)O.Cl. The van der Waals surface area contributed by atoms with E-state index in [1.165, 1.54) is 0 Å². The standard InChI is InChI=1S/C7H15NO2.ClH/c1-3-4-5-8-6(2)7(9)10;/h6,8H,3-5H2,1-2H3,(H,9,10);1H/t6-;/m0./s1. The summed E-state index contributed by atoms with van der Waals surface area (Å²) in [4.78, 5) is 10.2. The number of halogens is 1. The molecule has 11 heavy (non-hydrogen) atoms. The number of aliphatic carboxylic acids is 1. The Morgan fingerprint density at radius 3 is 2.55 bits per heavy atom. The van der Waals surface area contributed by atoms with Crippen LogP contribution in [0, 0.1) is 0 Å². The molecule has 0 aromatic heterocycles. The summed E-state index contributed by atoms with van der Waals surface area (Å²) in [6.45, 7) is 4.52. The van der Waals surface area contributed by atoms with Gasteiger partial charge in [0.2, 0.25) is 0 Å². The second-order valence-corrected chi connectivity index (χ2v) is 2.37. The molecule has 3 nitrogen and oxygen atoms in total. The van der Waals surface area contributed by atoms with Gasteiger partial charge in [0.15, 0.2) is 0 Å². The Morgan fingerprint density at radius 2 is 2.18 bits per heavy atom. The highest BCUT2D eigenvalue weighted by atomic mass is 35.5. The molecule has 0 fully saturated rings. The number of carboxylic acid groups (broad SMARTS) is 1. The molecule has 0 aliphatic heterocycles. The van der Waals surface area contributed by atoms with Crippen molar-refractivity contribution < 1.29 is 9.90 Å². The Kier molecular flexibility index (Phi) is 9.47. The summed E-state index contributed by atoms with van der Waals surface area (Å²) in [5.74, 6) is -0.781. The van der Waals surface area contributed by atoms with Crippen molar-refractivity contribution in [1.82, 2.24) is 5.32 Å². The third-order valence-electron chi connectivity index (χ3n) is 1.35. The van der Waals surface area contributed by atoms with Crippen LogP contribution in [0.2, 0.25) is 0 Å². The van der Waals surface area contributed by atoms with Crippen molar-refractivity contribution in [3.8, 4) is 0 Å². The molecule has 0 saturated carbocycles. The van der Waals surface area contributed by atoms with Crippen LogP contribution < -0.4 is 5.32 Å². The third kappa shape index (κ3) is 7.62. The molecule has 0 aromatic rings. The Bertz CT molecular complexity index is 109. The molecule has 0 bridgehead atoms. The van der Waals surface area contributed by atoms with E-state index in [9.17, 15) is 4.79 Å². The smallest absolute Gasteiger partial charge is 0.320 e. The zero-order valence-electron chi connectivity index (χ0n) is 6.96. The number of carbonyl (C=O) groups is 1. The van der Waals surface area contributed by atoms with Gasteiger partial charge in [-0.1, -0.05) is 13.3 Å². The number of nitrogens with one attached hydrogen (secondary N) is 1. The van der Waals surface area contributed by atoms with Crippen LogP contribution in [0.15, 0.2) is 0 Å². The van der Waals surface area contributed by atoms with Gasteiger partial charge in [-0.25, -0.2) is 0 Å². The molecule has 1 atom stereocenters. The van der Waals surface area contributed by atoms with E-state index in [1.807, 2.05) is 0 Å². The topological polar surface area (TPSA) is 49.3 Å². The molecule has 68 valence electrons. The number of unbranched alkanes of at least 4 members (excludes halogenated alkanes) is 1. The van der Waals surface area contributed by atoms with Crippen molar-refractivity contribution in [2.24, 2.45) is 0 Å². The highest BCUT2D eigenvalue weighted by Gasteiger charge is 2.07. The molecule has 4 heteroatoms. The Morgan fingerprint density at radius 1 is 1.64 bits per heavy atom. The number of hydrogen-bond donors (Lipinski definition) is 2. The Hall–Kier alpha value is -0.280. The molecule has 0 saturated heterocycles. The van der Waals surface area contributed by atoms with Crippen LogP contribution in [0.3, 0.4) is 0 Å². The second-order valence-electron chi connectivity index (χ2n) is 2.37. The zero-order chi connectivity index (χ0) is 7.98. The number of rotatable bonds is 5. The Labute approximate surface area is 73.6 Å². The summed E-state index contributed by atoms with van der Waals surface area (Å²) in [5.41, 5.74) is 0. The van der Waals surface area contributed by atoms with Crippen molar-refractivity contribution in [3.05, 3.63) is 0 Å². The minimum atomic E-state index is -0.781. The lowest BCUT2D eigenvalue weighted by Crippen LogP contribution is -2.34.